The van der Waals surface area contributed by atoms with Gasteiger partial charge in [0.15, 0.2) is 5.65 Å². The minimum Gasteiger partial charge on any atom is -0.306 e. The second-order valence-electron chi connectivity index (χ2n) is 12.1. The van der Waals surface area contributed by atoms with E-state index in [1.54, 1.807) is 7.05 Å². The third-order valence-corrected chi connectivity index (χ3v) is 7.15. The highest BCUT2D eigenvalue weighted by Crippen LogP contribution is 2.37. The van der Waals surface area contributed by atoms with Gasteiger partial charge in [-0.1, -0.05) is 60.5 Å². The molecule has 5 heteroatoms. The number of aryl methyl sites for hydroxylation is 3. The third-order valence-electron chi connectivity index (χ3n) is 7.15. The summed E-state index contributed by atoms with van der Waals surface area (Å²) in [6.07, 6.45) is 11.7. The Morgan fingerprint density at radius 3 is 2.11 bits per heavy atom. The number of aromatic nitrogens is 3. The van der Waals surface area contributed by atoms with Crippen LogP contribution in [0.1, 0.15) is 90.0 Å². The van der Waals surface area contributed by atoms with E-state index in [4.69, 9.17) is 4.98 Å². The van der Waals surface area contributed by atoms with Crippen LogP contribution in [0.5, 0.6) is 0 Å². The molecule has 2 aliphatic rings. The summed E-state index contributed by atoms with van der Waals surface area (Å²) in [6, 6.07) is 0. The fourth-order valence-corrected chi connectivity index (χ4v) is 5.03. The average molecular weight is 482 g/mol. The van der Waals surface area contributed by atoms with Gasteiger partial charge < -0.3 is 4.90 Å². The lowest BCUT2D eigenvalue weighted by Gasteiger charge is -2.33. The quantitative estimate of drug-likeness (QED) is 0.436. The van der Waals surface area contributed by atoms with Gasteiger partial charge in [-0.05, 0) is 63.8 Å². The first-order valence-electron chi connectivity index (χ1n) is 13.5. The molecule has 1 saturated carbocycles. The SMILES string of the molecule is CC1CCC(C)(C)CC1.CC1CN(C)C1.CN=C/C(=C\C(C)C)c1nc(C)c2ncc(C)n2c1C. The highest BCUT2D eigenvalue weighted by atomic mass is 15.2. The summed E-state index contributed by atoms with van der Waals surface area (Å²) < 4.78 is 2.16. The van der Waals surface area contributed by atoms with Crippen molar-refractivity contribution in [3.8, 4) is 0 Å². The van der Waals surface area contributed by atoms with E-state index in [1.165, 1.54) is 38.8 Å². The zero-order valence-corrected chi connectivity index (χ0v) is 24.4. The Kier molecular flexibility index (Phi) is 10.7. The van der Waals surface area contributed by atoms with Gasteiger partial charge in [0.2, 0.25) is 0 Å². The van der Waals surface area contributed by atoms with E-state index in [-0.39, 0.29) is 0 Å². The van der Waals surface area contributed by atoms with Gasteiger partial charge in [0.05, 0.1) is 11.4 Å². The Balaban J connectivity index is 0.000000234. The molecule has 1 aliphatic carbocycles. The fraction of sp³-hybridized carbons (Fsp3) is 0.700. The third kappa shape index (κ3) is 8.56. The molecule has 0 amide bonds. The van der Waals surface area contributed by atoms with Crippen LogP contribution in [0.2, 0.25) is 0 Å². The number of nitrogens with zero attached hydrogens (tertiary/aromatic N) is 5. The summed E-state index contributed by atoms with van der Waals surface area (Å²) >= 11 is 0. The van der Waals surface area contributed by atoms with Gasteiger partial charge in [0.25, 0.3) is 0 Å². The van der Waals surface area contributed by atoms with Crippen molar-refractivity contribution in [3.63, 3.8) is 0 Å². The van der Waals surface area contributed by atoms with Crippen molar-refractivity contribution < 1.29 is 0 Å². The van der Waals surface area contributed by atoms with Gasteiger partial charge in [-0.3, -0.25) is 9.39 Å². The second kappa shape index (κ2) is 12.8. The maximum Gasteiger partial charge on any atom is 0.158 e. The number of allylic oxidation sites excluding steroid dienone is 2. The molecule has 0 bridgehead atoms. The molecule has 0 unspecified atom stereocenters. The van der Waals surface area contributed by atoms with E-state index in [0.717, 1.165) is 45.8 Å². The van der Waals surface area contributed by atoms with Crippen molar-refractivity contribution >= 4 is 17.4 Å². The van der Waals surface area contributed by atoms with Gasteiger partial charge in [-0.15, -0.1) is 0 Å². The molecule has 4 rings (SSSR count). The van der Waals surface area contributed by atoms with E-state index in [0.29, 0.717) is 11.3 Å². The molecule has 0 radical (unpaired) electrons. The van der Waals surface area contributed by atoms with Crippen LogP contribution in [0.25, 0.3) is 11.2 Å². The number of aliphatic imine (C=N–C) groups is 1. The first-order valence-corrected chi connectivity index (χ1v) is 13.5. The van der Waals surface area contributed by atoms with Crippen LogP contribution in [-0.2, 0) is 0 Å². The fourth-order valence-electron chi connectivity index (χ4n) is 5.03. The number of hydrogen-bond acceptors (Lipinski definition) is 4. The standard InChI is InChI=1S/C16H22N4.C9H18.C5H11N/c1-10(2)7-14(9-17-6)15-13(5)20-11(3)8-18-16(20)12(4)19-15;1-8-4-6-9(2,3)7-5-8;1-5-3-6(2)4-5/h7-10H,1-6H3;8H,4-7H2,1-3H3;5H,3-4H2,1-2H3/b14-7+,17-9?;;. The highest BCUT2D eigenvalue weighted by molar-refractivity contribution is 6.09. The van der Waals surface area contributed by atoms with E-state index in [1.807, 2.05) is 19.3 Å². The number of likely N-dealkylation sites (tertiary alicyclic amines) is 1. The van der Waals surface area contributed by atoms with E-state index >= 15 is 0 Å². The van der Waals surface area contributed by atoms with E-state index < -0.39 is 0 Å². The average Bonchev–Trinajstić information content (AvgIpc) is 3.15. The lowest BCUT2D eigenvalue weighted by atomic mass is 9.74. The monoisotopic (exact) mass is 481 g/mol. The molecule has 2 aromatic heterocycles. The summed E-state index contributed by atoms with van der Waals surface area (Å²) in [4.78, 5) is 15.7. The van der Waals surface area contributed by atoms with Crippen molar-refractivity contribution in [2.45, 2.75) is 88.0 Å². The Labute approximate surface area is 215 Å². The summed E-state index contributed by atoms with van der Waals surface area (Å²) in [6.45, 7) is 22.5. The smallest absolute Gasteiger partial charge is 0.158 e. The Bertz CT molecular complexity index is 989. The van der Waals surface area contributed by atoms with Crippen molar-refractivity contribution in [2.75, 3.05) is 27.2 Å². The molecule has 0 aromatic carbocycles. The zero-order chi connectivity index (χ0) is 26.3. The largest absolute Gasteiger partial charge is 0.306 e. The zero-order valence-electron chi connectivity index (χ0n) is 24.4. The van der Waals surface area contributed by atoms with Gasteiger partial charge in [-0.25, -0.2) is 9.97 Å². The van der Waals surface area contributed by atoms with E-state index in [2.05, 4.69) is 87.8 Å². The normalized spacial score (nSPS) is 19.4. The van der Waals surface area contributed by atoms with Crippen LogP contribution >= 0.6 is 0 Å². The summed E-state index contributed by atoms with van der Waals surface area (Å²) in [7, 11) is 3.94. The molecule has 3 heterocycles. The number of hydrogen-bond donors (Lipinski definition) is 0. The van der Waals surface area contributed by atoms with Crippen LogP contribution in [0.15, 0.2) is 17.3 Å². The molecule has 1 aliphatic heterocycles. The first kappa shape index (κ1) is 29.2. The predicted molar refractivity (Wildman–Crippen MR) is 153 cm³/mol. The maximum absolute atomic E-state index is 4.74. The second-order valence-corrected chi connectivity index (χ2v) is 12.1. The number of imidazole rings is 1. The summed E-state index contributed by atoms with van der Waals surface area (Å²) in [5, 5.41) is 0. The molecular weight excluding hydrogens is 430 g/mol. The Morgan fingerprint density at radius 1 is 1.09 bits per heavy atom. The Hall–Kier alpha value is -2.01. The predicted octanol–water partition coefficient (Wildman–Crippen LogP) is 7.19. The van der Waals surface area contributed by atoms with Crippen LogP contribution < -0.4 is 0 Å². The van der Waals surface area contributed by atoms with Crippen molar-refractivity contribution in [1.29, 1.82) is 0 Å². The van der Waals surface area contributed by atoms with E-state index in [9.17, 15) is 0 Å². The van der Waals surface area contributed by atoms with Gasteiger partial charge in [-0.2, -0.15) is 0 Å². The van der Waals surface area contributed by atoms with Gasteiger partial charge in [0.1, 0.15) is 0 Å². The minimum absolute atomic E-state index is 0.448. The van der Waals surface area contributed by atoms with Crippen LogP contribution in [0.3, 0.4) is 0 Å². The molecular formula is C30H51N5. The van der Waals surface area contributed by atoms with Crippen molar-refractivity contribution in [2.24, 2.45) is 28.2 Å². The Morgan fingerprint density at radius 2 is 1.69 bits per heavy atom. The molecule has 0 atom stereocenters. The summed E-state index contributed by atoms with van der Waals surface area (Å²) in [5.74, 6) is 2.41. The topological polar surface area (TPSA) is 45.8 Å². The molecule has 1 saturated heterocycles. The minimum atomic E-state index is 0.448. The van der Waals surface area contributed by atoms with Crippen molar-refractivity contribution in [3.05, 3.63) is 35.0 Å². The highest BCUT2D eigenvalue weighted by Gasteiger charge is 2.24. The lowest BCUT2D eigenvalue weighted by Crippen LogP contribution is -2.41. The van der Waals surface area contributed by atoms with Gasteiger partial charge in [0, 0.05) is 49.5 Å². The molecule has 0 N–H and O–H groups in total. The number of fused-ring (bicyclic) bond motifs is 1. The van der Waals surface area contributed by atoms with Gasteiger partial charge >= 0.3 is 0 Å². The molecule has 0 spiro atoms. The molecule has 35 heavy (non-hydrogen) atoms. The lowest BCUT2D eigenvalue weighted by molar-refractivity contribution is 0.149. The maximum atomic E-state index is 4.74. The number of rotatable bonds is 3. The summed E-state index contributed by atoms with van der Waals surface area (Å²) in [5.41, 5.74) is 6.81. The van der Waals surface area contributed by atoms with Crippen LogP contribution in [-0.4, -0.2) is 52.7 Å². The molecule has 5 nitrogen and oxygen atoms in total. The molecule has 196 valence electrons. The first-order chi connectivity index (χ1) is 16.3. The van der Waals surface area contributed by atoms with Crippen LogP contribution in [0, 0.1) is 43.9 Å². The van der Waals surface area contributed by atoms with Crippen LogP contribution in [0.4, 0.5) is 0 Å². The molecule has 2 fully saturated rings. The molecule has 2 aromatic rings. The van der Waals surface area contributed by atoms with Crippen molar-refractivity contribution in [1.82, 2.24) is 19.3 Å².